The van der Waals surface area contributed by atoms with E-state index >= 15 is 0 Å². The Morgan fingerprint density at radius 2 is 1.64 bits per heavy atom. The smallest absolute Gasteiger partial charge is 0.399 e. The second-order valence-corrected chi connectivity index (χ2v) is 6.12. The zero-order valence-electron chi connectivity index (χ0n) is 12.5. The van der Waals surface area contributed by atoms with Gasteiger partial charge in [-0.25, -0.2) is 0 Å². The van der Waals surface area contributed by atoms with Gasteiger partial charge in [-0.15, -0.1) is 0 Å². The van der Waals surface area contributed by atoms with E-state index in [1.807, 2.05) is 0 Å². The van der Waals surface area contributed by atoms with Crippen LogP contribution in [0, 0.1) is 10.1 Å². The minimum absolute atomic E-state index is 0.0309. The van der Waals surface area contributed by atoms with Crippen LogP contribution in [0.1, 0.15) is 33.3 Å². The molecular weight excluding hydrogens is 302 g/mol. The Hall–Kier alpha value is -1.61. The number of alkyl halides is 3. The van der Waals surface area contributed by atoms with Crippen molar-refractivity contribution < 1.29 is 27.4 Å². The molecule has 0 bridgehead atoms. The lowest BCUT2D eigenvalue weighted by Crippen LogP contribution is -2.41. The fourth-order valence-corrected chi connectivity index (χ4v) is 2.05. The summed E-state index contributed by atoms with van der Waals surface area (Å²) in [5, 5.41) is 11.1. The molecule has 1 aliphatic heterocycles. The summed E-state index contributed by atoms with van der Waals surface area (Å²) < 4.78 is 49.4. The van der Waals surface area contributed by atoms with Crippen molar-refractivity contribution >= 4 is 18.3 Å². The molecule has 0 spiro atoms. The summed E-state index contributed by atoms with van der Waals surface area (Å²) in [7, 11) is -1.09. The van der Waals surface area contributed by atoms with Crippen LogP contribution in [0.3, 0.4) is 0 Å². The Labute approximate surface area is 125 Å². The van der Waals surface area contributed by atoms with E-state index in [4.69, 9.17) is 9.31 Å². The van der Waals surface area contributed by atoms with E-state index in [0.717, 1.165) is 12.1 Å². The van der Waals surface area contributed by atoms with E-state index in [1.165, 1.54) is 0 Å². The Bertz CT molecular complexity index is 600. The molecule has 22 heavy (non-hydrogen) atoms. The van der Waals surface area contributed by atoms with Crippen molar-refractivity contribution in [2.75, 3.05) is 0 Å². The molecular formula is C13H15BF3NO4. The van der Waals surface area contributed by atoms with Crippen molar-refractivity contribution in [2.24, 2.45) is 0 Å². The topological polar surface area (TPSA) is 61.6 Å². The minimum Gasteiger partial charge on any atom is -0.399 e. The highest BCUT2D eigenvalue weighted by Crippen LogP contribution is 2.38. The summed E-state index contributed by atoms with van der Waals surface area (Å²) >= 11 is 0. The van der Waals surface area contributed by atoms with Crippen LogP contribution in [-0.4, -0.2) is 23.2 Å². The molecule has 1 aromatic carbocycles. The number of nitrogens with zero attached hydrogens (tertiary/aromatic N) is 1. The summed E-state index contributed by atoms with van der Waals surface area (Å²) in [6, 6.07) is 2.32. The molecule has 1 aliphatic rings. The predicted molar refractivity (Wildman–Crippen MR) is 73.8 cm³/mol. The van der Waals surface area contributed by atoms with Gasteiger partial charge in [-0.2, -0.15) is 13.2 Å². The fraction of sp³-hybridized carbons (Fsp3) is 0.538. The molecule has 9 heteroatoms. The summed E-state index contributed by atoms with van der Waals surface area (Å²) in [6.45, 7) is 7.01. The molecule has 0 aliphatic carbocycles. The van der Waals surface area contributed by atoms with Gasteiger partial charge in [-0.1, -0.05) is 6.07 Å². The van der Waals surface area contributed by atoms with Crippen LogP contribution in [0.2, 0.25) is 0 Å². The molecule has 0 saturated carbocycles. The highest BCUT2D eigenvalue weighted by atomic mass is 19.4. The molecule has 0 atom stereocenters. The summed E-state index contributed by atoms with van der Waals surface area (Å²) in [5.41, 5.74) is -3.27. The van der Waals surface area contributed by atoms with Gasteiger partial charge in [0.25, 0.3) is 5.69 Å². The van der Waals surface area contributed by atoms with Crippen LogP contribution in [0.4, 0.5) is 18.9 Å². The van der Waals surface area contributed by atoms with Gasteiger partial charge in [-0.3, -0.25) is 10.1 Å². The van der Waals surface area contributed by atoms with Crippen LogP contribution < -0.4 is 5.46 Å². The summed E-state index contributed by atoms with van der Waals surface area (Å²) in [4.78, 5) is 10.2. The monoisotopic (exact) mass is 317 g/mol. The lowest BCUT2D eigenvalue weighted by molar-refractivity contribution is -0.384. The van der Waals surface area contributed by atoms with Crippen LogP contribution in [0.5, 0.6) is 0 Å². The first-order chi connectivity index (χ1) is 9.85. The predicted octanol–water partition coefficient (Wildman–Crippen LogP) is 2.91. The molecule has 0 N–H and O–H groups in total. The first-order valence-corrected chi connectivity index (χ1v) is 6.56. The van der Waals surface area contributed by atoms with Gasteiger partial charge in [0, 0.05) is 6.07 Å². The number of benzene rings is 1. The first kappa shape index (κ1) is 16.8. The highest BCUT2D eigenvalue weighted by molar-refractivity contribution is 6.63. The third kappa shape index (κ3) is 2.82. The molecule has 0 radical (unpaired) electrons. The van der Waals surface area contributed by atoms with Gasteiger partial charge in [0.05, 0.1) is 27.2 Å². The maximum atomic E-state index is 12.7. The van der Waals surface area contributed by atoms with E-state index in [0.29, 0.717) is 6.07 Å². The molecule has 0 amide bonds. The van der Waals surface area contributed by atoms with E-state index in [2.05, 4.69) is 0 Å². The molecule has 0 unspecified atom stereocenters. The lowest BCUT2D eigenvalue weighted by Gasteiger charge is -2.32. The van der Waals surface area contributed by atoms with Crippen LogP contribution in [0.15, 0.2) is 18.2 Å². The Kier molecular flexibility index (Phi) is 3.77. The molecule has 2 rings (SSSR count). The maximum absolute atomic E-state index is 12.7. The van der Waals surface area contributed by atoms with Crippen LogP contribution >= 0.6 is 0 Å². The van der Waals surface area contributed by atoms with Crippen molar-refractivity contribution in [2.45, 2.75) is 45.1 Å². The van der Waals surface area contributed by atoms with Crippen molar-refractivity contribution in [1.29, 1.82) is 0 Å². The van der Waals surface area contributed by atoms with E-state index in [-0.39, 0.29) is 5.46 Å². The van der Waals surface area contributed by atoms with Crippen molar-refractivity contribution in [3.05, 3.63) is 33.9 Å². The summed E-state index contributed by atoms with van der Waals surface area (Å²) in [5.74, 6) is 0. The molecule has 1 fully saturated rings. The maximum Gasteiger partial charge on any atom is 0.501 e. The number of hydrogen-bond acceptors (Lipinski definition) is 4. The zero-order valence-corrected chi connectivity index (χ0v) is 12.5. The van der Waals surface area contributed by atoms with E-state index < -0.39 is 40.7 Å². The van der Waals surface area contributed by atoms with Gasteiger partial charge < -0.3 is 9.31 Å². The van der Waals surface area contributed by atoms with Gasteiger partial charge in [0.15, 0.2) is 0 Å². The van der Waals surface area contributed by atoms with Gasteiger partial charge in [0.1, 0.15) is 0 Å². The normalized spacial score (nSPS) is 20.2. The highest BCUT2D eigenvalue weighted by Gasteiger charge is 2.53. The Morgan fingerprint density at radius 1 is 1.14 bits per heavy atom. The first-order valence-electron chi connectivity index (χ1n) is 6.56. The molecule has 1 heterocycles. The lowest BCUT2D eigenvalue weighted by atomic mass is 9.77. The van der Waals surface area contributed by atoms with Crippen molar-refractivity contribution in [1.82, 2.24) is 0 Å². The molecule has 1 saturated heterocycles. The fourth-order valence-electron chi connectivity index (χ4n) is 2.05. The standard InChI is InChI=1S/C13H15BF3NO4/c1-11(2)12(3,4)22-14(21-11)9-6-5-8(13(15,16)17)7-10(9)18(19)20/h5-7H,1-4H3. The largest absolute Gasteiger partial charge is 0.501 e. The SMILES string of the molecule is CC1(C)OB(c2ccc(C(F)(F)F)cc2[N+](=O)[O-])OC1(C)C. The molecule has 5 nitrogen and oxygen atoms in total. The molecule has 0 aromatic heterocycles. The van der Waals surface area contributed by atoms with Crippen molar-refractivity contribution in [3.63, 3.8) is 0 Å². The van der Waals surface area contributed by atoms with Crippen LogP contribution in [-0.2, 0) is 15.5 Å². The minimum atomic E-state index is -4.65. The Balaban J connectivity index is 2.47. The average molecular weight is 317 g/mol. The quantitative estimate of drug-likeness (QED) is 0.478. The van der Waals surface area contributed by atoms with E-state index in [1.54, 1.807) is 27.7 Å². The van der Waals surface area contributed by atoms with E-state index in [9.17, 15) is 23.3 Å². The Morgan fingerprint density at radius 3 is 2.05 bits per heavy atom. The second-order valence-electron chi connectivity index (χ2n) is 6.12. The number of rotatable bonds is 2. The molecule has 1 aromatic rings. The number of nitro benzene ring substituents is 1. The van der Waals surface area contributed by atoms with Gasteiger partial charge in [-0.05, 0) is 33.8 Å². The third-order valence-corrected chi connectivity index (χ3v) is 4.06. The van der Waals surface area contributed by atoms with Gasteiger partial charge in [0.2, 0.25) is 0 Å². The number of hydrogen-bond donors (Lipinski definition) is 0. The van der Waals surface area contributed by atoms with Crippen molar-refractivity contribution in [3.8, 4) is 0 Å². The zero-order chi connectivity index (χ0) is 16.9. The van der Waals surface area contributed by atoms with Crippen LogP contribution in [0.25, 0.3) is 0 Å². The summed E-state index contributed by atoms with van der Waals surface area (Å²) in [6.07, 6.45) is -4.65. The third-order valence-electron chi connectivity index (χ3n) is 4.06. The average Bonchev–Trinajstić information content (AvgIpc) is 2.56. The molecule has 120 valence electrons. The number of halogens is 3. The number of nitro groups is 1. The second kappa shape index (κ2) is 4.95. The van der Waals surface area contributed by atoms with Gasteiger partial charge >= 0.3 is 13.3 Å².